The van der Waals surface area contributed by atoms with Crippen molar-refractivity contribution in [2.75, 3.05) is 0 Å². The van der Waals surface area contributed by atoms with Crippen molar-refractivity contribution in [3.63, 3.8) is 0 Å². The number of allylic oxidation sites excluding steroid dienone is 1. The van der Waals surface area contributed by atoms with Crippen LogP contribution in [-0.4, -0.2) is 11.6 Å². The monoisotopic (exact) mass is 244 g/mol. The summed E-state index contributed by atoms with van der Waals surface area (Å²) in [5.41, 5.74) is 1.26. The lowest BCUT2D eigenvalue weighted by Crippen LogP contribution is -2.12. The van der Waals surface area contributed by atoms with Crippen LogP contribution in [0, 0.1) is 0 Å². The third-order valence-corrected chi connectivity index (χ3v) is 2.67. The molecule has 0 bridgehead atoms. The molecular weight excluding hydrogens is 224 g/mol. The normalized spacial score (nSPS) is 9.89. The van der Waals surface area contributed by atoms with E-state index in [4.69, 9.17) is 0 Å². The zero-order chi connectivity index (χ0) is 13.4. The minimum Gasteiger partial charge on any atom is -0.294 e. The predicted molar refractivity (Wildman–Crippen MR) is 74.2 cm³/mol. The van der Waals surface area contributed by atoms with Crippen molar-refractivity contribution in [2.24, 2.45) is 0 Å². The maximum absolute atomic E-state index is 12.0. The Labute approximate surface area is 109 Å². The Balaban J connectivity index is 3.00. The van der Waals surface area contributed by atoms with Gasteiger partial charge in [-0.1, -0.05) is 44.2 Å². The number of hydrogen-bond acceptors (Lipinski definition) is 2. The molecule has 0 saturated carbocycles. The molecule has 0 aliphatic heterocycles. The summed E-state index contributed by atoms with van der Waals surface area (Å²) in [5.74, 6) is -0.0837. The number of carbonyl (C=O) groups is 2. The molecule has 18 heavy (non-hydrogen) atoms. The van der Waals surface area contributed by atoms with Crippen LogP contribution in [0.1, 0.15) is 45.1 Å². The molecule has 0 aliphatic carbocycles. The molecule has 0 aliphatic rings. The second kappa shape index (κ2) is 7.59. The number of hydrogen-bond donors (Lipinski definition) is 0. The Hall–Kier alpha value is -1.70. The van der Waals surface area contributed by atoms with Crippen LogP contribution in [0.5, 0.6) is 0 Å². The summed E-state index contributed by atoms with van der Waals surface area (Å²) in [4.78, 5) is 23.9. The summed E-state index contributed by atoms with van der Waals surface area (Å²) in [5, 5.41) is 0. The van der Waals surface area contributed by atoms with Gasteiger partial charge in [-0.15, -0.1) is 0 Å². The largest absolute Gasteiger partial charge is 0.294 e. The van der Waals surface area contributed by atoms with Gasteiger partial charge in [0, 0.05) is 12.8 Å². The fourth-order valence-electron chi connectivity index (χ4n) is 1.76. The molecule has 0 saturated heterocycles. The van der Waals surface area contributed by atoms with Crippen LogP contribution in [0.3, 0.4) is 0 Å². The highest BCUT2D eigenvalue weighted by Gasteiger charge is 2.16. The summed E-state index contributed by atoms with van der Waals surface area (Å²) in [6.45, 7) is 3.89. The molecule has 0 radical (unpaired) electrons. The average Bonchev–Trinajstić information content (AvgIpc) is 2.37. The third kappa shape index (κ3) is 4.28. The first-order valence-electron chi connectivity index (χ1n) is 6.52. The van der Waals surface area contributed by atoms with Gasteiger partial charge < -0.3 is 0 Å². The van der Waals surface area contributed by atoms with Gasteiger partial charge in [0.2, 0.25) is 0 Å². The summed E-state index contributed by atoms with van der Waals surface area (Å²) in [6.07, 6.45) is 4.13. The summed E-state index contributed by atoms with van der Waals surface area (Å²) in [6, 6.07) is 9.52. The molecule has 0 N–H and O–H groups in total. The van der Waals surface area contributed by atoms with Crippen LogP contribution in [0.25, 0.3) is 6.08 Å². The zero-order valence-electron chi connectivity index (χ0n) is 11.1. The molecule has 0 spiro atoms. The minimum absolute atomic E-state index is 0.0418. The highest BCUT2D eigenvalue weighted by atomic mass is 16.1. The van der Waals surface area contributed by atoms with Crippen molar-refractivity contribution in [2.45, 2.75) is 39.5 Å². The van der Waals surface area contributed by atoms with E-state index in [1.165, 1.54) is 0 Å². The number of carbonyl (C=O) groups excluding carboxylic acids is 2. The number of rotatable bonds is 7. The van der Waals surface area contributed by atoms with Crippen molar-refractivity contribution in [3.8, 4) is 0 Å². The van der Waals surface area contributed by atoms with Gasteiger partial charge in [0.05, 0.1) is 5.57 Å². The van der Waals surface area contributed by atoms with Crippen LogP contribution in [-0.2, 0) is 9.59 Å². The Morgan fingerprint density at radius 1 is 0.944 bits per heavy atom. The van der Waals surface area contributed by atoms with Gasteiger partial charge in [-0.3, -0.25) is 9.59 Å². The Kier molecular flexibility index (Phi) is 6.06. The average molecular weight is 244 g/mol. The van der Waals surface area contributed by atoms with Crippen LogP contribution in [0.15, 0.2) is 35.9 Å². The Bertz CT molecular complexity index is 410. The van der Waals surface area contributed by atoms with E-state index >= 15 is 0 Å². The molecule has 0 heterocycles. The van der Waals surface area contributed by atoms with Crippen molar-refractivity contribution >= 4 is 17.6 Å². The minimum atomic E-state index is -0.0418. The smallest absolute Gasteiger partial charge is 0.166 e. The predicted octanol–water partition coefficient (Wildman–Crippen LogP) is 3.81. The molecule has 96 valence electrons. The van der Waals surface area contributed by atoms with Gasteiger partial charge in [0.25, 0.3) is 0 Å². The van der Waals surface area contributed by atoms with E-state index < -0.39 is 0 Å². The van der Waals surface area contributed by atoms with Crippen LogP contribution >= 0.6 is 0 Å². The van der Waals surface area contributed by atoms with E-state index in [1.807, 2.05) is 44.2 Å². The quantitative estimate of drug-likeness (QED) is 0.415. The van der Waals surface area contributed by atoms with Gasteiger partial charge in [-0.05, 0) is 24.5 Å². The first-order valence-corrected chi connectivity index (χ1v) is 6.52. The van der Waals surface area contributed by atoms with Gasteiger partial charge in [-0.2, -0.15) is 0 Å². The van der Waals surface area contributed by atoms with Gasteiger partial charge in [0.15, 0.2) is 11.6 Å². The molecular formula is C16H20O2. The lowest BCUT2D eigenvalue weighted by atomic mass is 9.97. The van der Waals surface area contributed by atoms with Crippen molar-refractivity contribution < 1.29 is 9.59 Å². The third-order valence-electron chi connectivity index (χ3n) is 2.67. The Morgan fingerprint density at radius 2 is 1.44 bits per heavy atom. The van der Waals surface area contributed by atoms with E-state index in [-0.39, 0.29) is 11.6 Å². The number of Topliss-reactive ketones (excluding diaryl/α,β-unsaturated/α-hetero) is 2. The maximum atomic E-state index is 12.0. The molecule has 0 amide bonds. The molecule has 2 heteroatoms. The first kappa shape index (κ1) is 14.4. The highest BCUT2D eigenvalue weighted by Crippen LogP contribution is 2.13. The van der Waals surface area contributed by atoms with Crippen molar-refractivity contribution in [1.82, 2.24) is 0 Å². The topological polar surface area (TPSA) is 34.1 Å². The number of benzene rings is 1. The SMILES string of the molecule is CCCC(=O)C(=Cc1ccccc1)C(=O)CCC. The van der Waals surface area contributed by atoms with Gasteiger partial charge in [-0.25, -0.2) is 0 Å². The van der Waals surface area contributed by atoms with Crippen molar-refractivity contribution in [1.29, 1.82) is 0 Å². The fourth-order valence-corrected chi connectivity index (χ4v) is 1.76. The Morgan fingerprint density at radius 3 is 1.89 bits per heavy atom. The first-order chi connectivity index (χ1) is 8.69. The molecule has 0 atom stereocenters. The maximum Gasteiger partial charge on any atom is 0.166 e. The standard InChI is InChI=1S/C16H20O2/c1-3-8-15(17)14(16(18)9-4-2)12-13-10-6-5-7-11-13/h5-7,10-12H,3-4,8-9H2,1-2H3. The zero-order valence-corrected chi connectivity index (χ0v) is 11.1. The molecule has 2 nitrogen and oxygen atoms in total. The lowest BCUT2D eigenvalue weighted by Gasteiger charge is -2.04. The van der Waals surface area contributed by atoms with E-state index in [0.29, 0.717) is 18.4 Å². The summed E-state index contributed by atoms with van der Waals surface area (Å²) in [7, 11) is 0. The number of ketones is 2. The molecule has 1 aromatic carbocycles. The van der Waals surface area contributed by atoms with Gasteiger partial charge in [0.1, 0.15) is 0 Å². The van der Waals surface area contributed by atoms with Crippen molar-refractivity contribution in [3.05, 3.63) is 41.5 Å². The summed E-state index contributed by atoms with van der Waals surface area (Å²) >= 11 is 0. The lowest BCUT2D eigenvalue weighted by molar-refractivity contribution is -0.121. The molecule has 0 aromatic heterocycles. The van der Waals surface area contributed by atoms with Gasteiger partial charge >= 0.3 is 0 Å². The molecule has 0 fully saturated rings. The van der Waals surface area contributed by atoms with Crippen LogP contribution in [0.4, 0.5) is 0 Å². The highest BCUT2D eigenvalue weighted by molar-refractivity contribution is 6.23. The van der Waals surface area contributed by atoms with E-state index in [2.05, 4.69) is 0 Å². The van der Waals surface area contributed by atoms with E-state index in [1.54, 1.807) is 6.08 Å². The van der Waals surface area contributed by atoms with E-state index in [9.17, 15) is 9.59 Å². The second-order valence-corrected chi connectivity index (χ2v) is 4.32. The summed E-state index contributed by atoms with van der Waals surface area (Å²) < 4.78 is 0. The molecule has 0 unspecified atom stereocenters. The second-order valence-electron chi connectivity index (χ2n) is 4.32. The van der Waals surface area contributed by atoms with Crippen LogP contribution < -0.4 is 0 Å². The molecule has 1 aromatic rings. The van der Waals surface area contributed by atoms with E-state index in [0.717, 1.165) is 18.4 Å². The van der Waals surface area contributed by atoms with Crippen LogP contribution in [0.2, 0.25) is 0 Å². The fraction of sp³-hybridized carbons (Fsp3) is 0.375. The molecule has 1 rings (SSSR count).